The van der Waals surface area contributed by atoms with Crippen molar-refractivity contribution in [3.8, 4) is 0 Å². The first kappa shape index (κ1) is 38.2. The second-order valence-corrected chi connectivity index (χ2v) is 15.8. The van der Waals surface area contributed by atoms with Crippen LogP contribution in [0.4, 0.5) is 8.78 Å². The molecule has 288 valence electrons. The fourth-order valence-electron chi connectivity index (χ4n) is 8.93. The summed E-state index contributed by atoms with van der Waals surface area (Å²) in [6, 6.07) is 21.6. The maximum absolute atomic E-state index is 13.8. The molecule has 0 bridgehead atoms. The van der Waals surface area contributed by atoms with E-state index in [4.69, 9.17) is 4.98 Å². The molecule has 0 unspecified atom stereocenters. The van der Waals surface area contributed by atoms with Gasteiger partial charge in [0.25, 0.3) is 11.8 Å². The first-order chi connectivity index (χ1) is 26.2. The summed E-state index contributed by atoms with van der Waals surface area (Å²) in [5, 5.41) is 3.25. The fraction of sp³-hybridized carbons (Fsp3) is 0.535. The van der Waals surface area contributed by atoms with E-state index in [1.807, 2.05) is 42.6 Å². The van der Waals surface area contributed by atoms with Crippen LogP contribution in [-0.4, -0.2) is 107 Å². The number of nitrogens with zero attached hydrogens (tertiary/aromatic N) is 5. The van der Waals surface area contributed by atoms with E-state index in [1.54, 1.807) is 24.3 Å². The topological polar surface area (TPSA) is 89.1 Å². The summed E-state index contributed by atoms with van der Waals surface area (Å²) in [6.07, 6.45) is 7.39. The average molecular weight is 741 g/mol. The maximum Gasteiger partial charge on any atom is 0.261 e. The fourth-order valence-corrected chi connectivity index (χ4v) is 8.93. The van der Waals surface area contributed by atoms with Gasteiger partial charge in [-0.25, -0.2) is 8.78 Å². The van der Waals surface area contributed by atoms with E-state index in [-0.39, 0.29) is 67.4 Å². The molecular formula is C43H54F2N6O3. The van der Waals surface area contributed by atoms with Crippen LogP contribution >= 0.6 is 0 Å². The molecule has 3 atom stereocenters. The Hall–Kier alpha value is -4.06. The Morgan fingerprint density at radius 3 is 2.39 bits per heavy atom. The van der Waals surface area contributed by atoms with Crippen molar-refractivity contribution in [2.45, 2.75) is 88.3 Å². The number of likely N-dealkylation sites (N-methyl/N-ethyl adjacent to an activating group) is 1. The van der Waals surface area contributed by atoms with Gasteiger partial charge >= 0.3 is 0 Å². The third-order valence-electron chi connectivity index (χ3n) is 12.2. The van der Waals surface area contributed by atoms with Crippen LogP contribution in [0.3, 0.4) is 0 Å². The van der Waals surface area contributed by atoms with Gasteiger partial charge in [-0.05, 0) is 94.3 Å². The lowest BCUT2D eigenvalue weighted by Gasteiger charge is -2.44. The normalized spacial score (nSPS) is 22.6. The average Bonchev–Trinajstić information content (AvgIpc) is 3.43. The first-order valence-corrected chi connectivity index (χ1v) is 20.0. The lowest BCUT2D eigenvalue weighted by atomic mass is 9.86. The number of alkyl halides is 2. The maximum atomic E-state index is 13.8. The molecule has 4 aliphatic rings. The number of halogens is 2. The standard InChI is InChI=1S/C43H54F2N6O3/c1-48-27-28-49(26-20-37(31-11-3-2-4-12-31)47-40(52)33-18-21-43(44,45)22-19-33)29-34(48)30-50(38-17-9-13-32-14-10-23-46-39(32)38)24-7-8-25-51-41(53)35-15-5-6-16-36(35)42(51)54/h2-6,10-12,14-16,23,33-34,37-38H,7-9,13,17-22,24-30H2,1H3,(H,47,52)/t34-,37+,38+/m1/s1. The number of amides is 3. The zero-order valence-corrected chi connectivity index (χ0v) is 31.5. The number of nitrogens with one attached hydrogen (secondary N) is 1. The minimum absolute atomic E-state index is 0.115. The number of aromatic nitrogens is 1. The van der Waals surface area contributed by atoms with Crippen LogP contribution in [0.15, 0.2) is 72.9 Å². The zero-order valence-electron chi connectivity index (χ0n) is 31.5. The van der Waals surface area contributed by atoms with Crippen LogP contribution in [0.25, 0.3) is 0 Å². The second-order valence-electron chi connectivity index (χ2n) is 15.8. The quantitative estimate of drug-likeness (QED) is 0.149. The van der Waals surface area contributed by atoms with Gasteiger partial charge in [-0.1, -0.05) is 48.5 Å². The molecule has 3 aromatic rings. The number of hydrogen-bond donors (Lipinski definition) is 1. The molecule has 0 spiro atoms. The summed E-state index contributed by atoms with van der Waals surface area (Å²) in [5.74, 6) is -3.55. The Morgan fingerprint density at radius 2 is 1.65 bits per heavy atom. The van der Waals surface area contributed by atoms with Crippen molar-refractivity contribution >= 4 is 17.7 Å². The van der Waals surface area contributed by atoms with Crippen molar-refractivity contribution in [2.24, 2.45) is 5.92 Å². The highest BCUT2D eigenvalue weighted by Crippen LogP contribution is 2.37. The second kappa shape index (κ2) is 17.2. The lowest BCUT2D eigenvalue weighted by Crippen LogP contribution is -2.56. The number of rotatable bonds is 14. The Kier molecular flexibility index (Phi) is 12.2. The van der Waals surface area contributed by atoms with Gasteiger partial charge in [0.1, 0.15) is 0 Å². The summed E-state index contributed by atoms with van der Waals surface area (Å²) < 4.78 is 27.7. The van der Waals surface area contributed by atoms with Crippen LogP contribution in [-0.2, 0) is 11.2 Å². The number of benzene rings is 2. The van der Waals surface area contributed by atoms with Crippen molar-refractivity contribution in [3.05, 3.63) is 101 Å². The highest BCUT2D eigenvalue weighted by atomic mass is 19.3. The van der Waals surface area contributed by atoms with E-state index >= 15 is 0 Å². The number of hydrogen-bond acceptors (Lipinski definition) is 7. The molecule has 11 heteroatoms. The number of unbranched alkanes of at least 4 members (excludes halogenated alkanes) is 1. The number of carbonyl (C=O) groups excluding carboxylic acids is 3. The lowest BCUT2D eigenvalue weighted by molar-refractivity contribution is -0.130. The summed E-state index contributed by atoms with van der Waals surface area (Å²) in [7, 11) is 2.20. The number of aryl methyl sites for hydroxylation is 1. The van der Waals surface area contributed by atoms with E-state index in [1.165, 1.54) is 16.2 Å². The highest BCUT2D eigenvalue weighted by molar-refractivity contribution is 6.21. The van der Waals surface area contributed by atoms with Crippen LogP contribution < -0.4 is 5.32 Å². The largest absolute Gasteiger partial charge is 0.349 e. The molecule has 1 saturated heterocycles. The van der Waals surface area contributed by atoms with Crippen LogP contribution in [0.1, 0.15) is 107 Å². The number of pyridine rings is 1. The minimum atomic E-state index is -2.66. The number of carbonyl (C=O) groups is 3. The van der Waals surface area contributed by atoms with Gasteiger partial charge in [0.05, 0.1) is 28.9 Å². The van der Waals surface area contributed by atoms with Crippen molar-refractivity contribution in [2.75, 3.05) is 52.9 Å². The van der Waals surface area contributed by atoms with Gasteiger partial charge in [0.2, 0.25) is 11.8 Å². The van der Waals surface area contributed by atoms with Crippen molar-refractivity contribution in [1.29, 1.82) is 0 Å². The van der Waals surface area contributed by atoms with Gasteiger partial charge < -0.3 is 10.2 Å². The Bertz CT molecular complexity index is 1730. The molecule has 3 amide bonds. The van der Waals surface area contributed by atoms with Crippen molar-refractivity contribution < 1.29 is 23.2 Å². The predicted octanol–water partition coefficient (Wildman–Crippen LogP) is 6.53. The minimum Gasteiger partial charge on any atom is -0.349 e. The van der Waals surface area contributed by atoms with E-state index in [0.29, 0.717) is 17.7 Å². The number of piperazine rings is 1. The van der Waals surface area contributed by atoms with E-state index in [9.17, 15) is 23.2 Å². The van der Waals surface area contributed by atoms with Crippen LogP contribution in [0, 0.1) is 5.92 Å². The summed E-state index contributed by atoms with van der Waals surface area (Å²) in [5.41, 5.74) is 4.51. The van der Waals surface area contributed by atoms with E-state index in [2.05, 4.69) is 33.1 Å². The molecule has 1 N–H and O–H groups in total. The molecule has 3 heterocycles. The monoisotopic (exact) mass is 740 g/mol. The summed E-state index contributed by atoms with van der Waals surface area (Å²) >= 11 is 0. The van der Waals surface area contributed by atoms with Crippen LogP contribution in [0.5, 0.6) is 0 Å². The number of fused-ring (bicyclic) bond motifs is 2. The molecule has 1 saturated carbocycles. The van der Waals surface area contributed by atoms with Crippen LogP contribution in [0.2, 0.25) is 0 Å². The molecule has 0 radical (unpaired) electrons. The summed E-state index contributed by atoms with van der Waals surface area (Å²) in [6.45, 7) is 5.65. The molecule has 2 aromatic carbocycles. The summed E-state index contributed by atoms with van der Waals surface area (Å²) in [4.78, 5) is 53.2. The van der Waals surface area contributed by atoms with Gasteiger partial charge in [-0.3, -0.25) is 34.1 Å². The van der Waals surface area contributed by atoms with Gasteiger partial charge in [0.15, 0.2) is 0 Å². The molecule has 2 aliphatic carbocycles. The van der Waals surface area contributed by atoms with E-state index < -0.39 is 5.92 Å². The first-order valence-electron chi connectivity index (χ1n) is 20.0. The highest BCUT2D eigenvalue weighted by Gasteiger charge is 2.39. The third kappa shape index (κ3) is 8.90. The molecule has 7 rings (SSSR count). The molecule has 2 fully saturated rings. The molecule has 9 nitrogen and oxygen atoms in total. The molecular weight excluding hydrogens is 687 g/mol. The van der Waals surface area contributed by atoms with Crippen molar-refractivity contribution in [1.82, 2.24) is 29.9 Å². The molecule has 2 aliphatic heterocycles. The Morgan fingerprint density at radius 1 is 0.926 bits per heavy atom. The van der Waals surface area contributed by atoms with Gasteiger partial charge in [-0.15, -0.1) is 0 Å². The molecule has 1 aromatic heterocycles. The Balaban J connectivity index is 0.994. The third-order valence-corrected chi connectivity index (χ3v) is 12.2. The van der Waals surface area contributed by atoms with Gasteiger partial charge in [-0.2, -0.15) is 0 Å². The van der Waals surface area contributed by atoms with E-state index in [0.717, 1.165) is 83.4 Å². The van der Waals surface area contributed by atoms with Gasteiger partial charge in [0, 0.05) is 70.3 Å². The van der Waals surface area contributed by atoms with Crippen molar-refractivity contribution in [3.63, 3.8) is 0 Å². The predicted molar refractivity (Wildman–Crippen MR) is 204 cm³/mol. The zero-order chi connectivity index (χ0) is 37.7. The SMILES string of the molecule is CN1CCN(CC[C@H](NC(=O)C2CCC(F)(F)CC2)c2ccccc2)C[C@@H]1CN(CCCCN1C(=O)c2ccccc2C1=O)[C@H]1CCCc2cccnc21. The Labute approximate surface area is 318 Å². The number of imide groups is 1. The molecule has 54 heavy (non-hydrogen) atoms. The smallest absolute Gasteiger partial charge is 0.261 e.